The number of nitrogen functional groups attached to an aromatic ring is 1. The summed E-state index contributed by atoms with van der Waals surface area (Å²) in [7, 11) is 0. The van der Waals surface area contributed by atoms with E-state index in [0.29, 0.717) is 5.95 Å². The molecular formula is C13H11N3. The van der Waals surface area contributed by atoms with Gasteiger partial charge in [-0.2, -0.15) is 0 Å². The minimum absolute atomic E-state index is 0.447. The van der Waals surface area contributed by atoms with Crippen molar-refractivity contribution in [1.29, 1.82) is 0 Å². The zero-order chi connectivity index (χ0) is 11.0. The van der Waals surface area contributed by atoms with Gasteiger partial charge in [0.1, 0.15) is 0 Å². The maximum atomic E-state index is 5.59. The summed E-state index contributed by atoms with van der Waals surface area (Å²) >= 11 is 0. The van der Waals surface area contributed by atoms with Gasteiger partial charge in [0.15, 0.2) is 5.95 Å². The highest BCUT2D eigenvalue weighted by atomic mass is 15.0. The van der Waals surface area contributed by atoms with E-state index in [4.69, 9.17) is 5.73 Å². The summed E-state index contributed by atoms with van der Waals surface area (Å²) in [5, 5.41) is 2.42. The molecule has 0 aliphatic heterocycles. The molecule has 3 N–H and O–H groups in total. The molecule has 0 atom stereocenters. The van der Waals surface area contributed by atoms with Gasteiger partial charge >= 0.3 is 0 Å². The smallest absolute Gasteiger partial charge is 0.197 e. The number of rotatable bonds is 1. The predicted molar refractivity (Wildman–Crippen MR) is 65.9 cm³/mol. The number of benzene rings is 2. The van der Waals surface area contributed by atoms with Gasteiger partial charge < -0.3 is 10.7 Å². The van der Waals surface area contributed by atoms with E-state index in [9.17, 15) is 0 Å². The van der Waals surface area contributed by atoms with Gasteiger partial charge in [-0.3, -0.25) is 0 Å². The number of anilines is 1. The molecule has 78 valence electrons. The Bertz CT molecular complexity index is 635. The maximum Gasteiger partial charge on any atom is 0.197 e. The number of nitrogens with one attached hydrogen (secondary N) is 1. The van der Waals surface area contributed by atoms with Gasteiger partial charge in [-0.05, 0) is 10.8 Å². The molecule has 3 aromatic rings. The fraction of sp³-hybridized carbons (Fsp3) is 0. The Morgan fingerprint density at radius 3 is 2.62 bits per heavy atom. The van der Waals surface area contributed by atoms with Crippen LogP contribution in [-0.2, 0) is 0 Å². The summed E-state index contributed by atoms with van der Waals surface area (Å²) in [6.07, 6.45) is 1.76. The van der Waals surface area contributed by atoms with Crippen molar-refractivity contribution in [2.24, 2.45) is 0 Å². The topological polar surface area (TPSA) is 54.7 Å². The molecule has 1 aromatic heterocycles. The second-order valence-electron chi connectivity index (χ2n) is 3.71. The number of hydrogen-bond donors (Lipinski definition) is 2. The lowest BCUT2D eigenvalue weighted by molar-refractivity contribution is 1.33. The first kappa shape index (κ1) is 8.97. The standard InChI is InChI=1S/C13H11N3/c14-13-15-8-12(16-13)11-7-3-5-9-4-1-2-6-10(9)11/h1-8H,(H3,14,15,16). The van der Waals surface area contributed by atoms with Crippen LogP contribution in [-0.4, -0.2) is 9.97 Å². The lowest BCUT2D eigenvalue weighted by Gasteiger charge is -2.03. The van der Waals surface area contributed by atoms with E-state index in [-0.39, 0.29) is 0 Å². The Hall–Kier alpha value is -2.29. The number of fused-ring (bicyclic) bond motifs is 1. The molecule has 0 saturated carbocycles. The van der Waals surface area contributed by atoms with E-state index in [2.05, 4.69) is 34.2 Å². The lowest BCUT2D eigenvalue weighted by Crippen LogP contribution is -1.86. The first-order valence-electron chi connectivity index (χ1n) is 5.13. The van der Waals surface area contributed by atoms with Crippen molar-refractivity contribution < 1.29 is 0 Å². The van der Waals surface area contributed by atoms with E-state index in [0.717, 1.165) is 11.3 Å². The van der Waals surface area contributed by atoms with Crippen molar-refractivity contribution in [3.63, 3.8) is 0 Å². The van der Waals surface area contributed by atoms with Crippen LogP contribution in [0.3, 0.4) is 0 Å². The Labute approximate surface area is 92.9 Å². The molecule has 16 heavy (non-hydrogen) atoms. The van der Waals surface area contributed by atoms with Crippen molar-refractivity contribution in [3.8, 4) is 11.3 Å². The summed E-state index contributed by atoms with van der Waals surface area (Å²) in [6, 6.07) is 14.5. The third kappa shape index (κ3) is 1.34. The Morgan fingerprint density at radius 2 is 1.81 bits per heavy atom. The van der Waals surface area contributed by atoms with Gasteiger partial charge in [0.25, 0.3) is 0 Å². The van der Waals surface area contributed by atoms with Crippen molar-refractivity contribution in [2.75, 3.05) is 5.73 Å². The molecule has 0 amide bonds. The van der Waals surface area contributed by atoms with Crippen LogP contribution in [0.2, 0.25) is 0 Å². The van der Waals surface area contributed by atoms with E-state index in [1.54, 1.807) is 6.20 Å². The van der Waals surface area contributed by atoms with Gasteiger partial charge in [0.05, 0.1) is 11.9 Å². The van der Waals surface area contributed by atoms with Crippen molar-refractivity contribution in [2.45, 2.75) is 0 Å². The number of H-pyrrole nitrogens is 1. The number of imidazole rings is 1. The van der Waals surface area contributed by atoms with Crippen LogP contribution < -0.4 is 5.73 Å². The van der Waals surface area contributed by atoms with Crippen LogP contribution >= 0.6 is 0 Å². The summed E-state index contributed by atoms with van der Waals surface area (Å²) < 4.78 is 0. The average Bonchev–Trinajstić information content (AvgIpc) is 2.75. The van der Waals surface area contributed by atoms with Crippen molar-refractivity contribution in [1.82, 2.24) is 9.97 Å². The molecule has 2 aromatic carbocycles. The first-order chi connectivity index (χ1) is 7.84. The van der Waals surface area contributed by atoms with Gasteiger partial charge in [0, 0.05) is 5.56 Å². The third-order valence-electron chi connectivity index (χ3n) is 2.68. The zero-order valence-corrected chi connectivity index (χ0v) is 8.64. The number of nitrogens with zero attached hydrogens (tertiary/aromatic N) is 1. The second-order valence-corrected chi connectivity index (χ2v) is 3.71. The summed E-state index contributed by atoms with van der Waals surface area (Å²) in [4.78, 5) is 7.07. The van der Waals surface area contributed by atoms with Crippen LogP contribution in [0.4, 0.5) is 5.95 Å². The fourth-order valence-electron chi connectivity index (χ4n) is 1.93. The number of nitrogens with two attached hydrogens (primary N) is 1. The maximum absolute atomic E-state index is 5.59. The highest BCUT2D eigenvalue weighted by molar-refractivity contribution is 5.95. The van der Waals surface area contributed by atoms with Gasteiger partial charge in [-0.15, -0.1) is 0 Å². The first-order valence-corrected chi connectivity index (χ1v) is 5.13. The van der Waals surface area contributed by atoms with Crippen LogP contribution in [0, 0.1) is 0 Å². The second kappa shape index (κ2) is 3.38. The molecule has 0 aliphatic carbocycles. The molecule has 3 rings (SSSR count). The molecule has 0 fully saturated rings. The largest absolute Gasteiger partial charge is 0.369 e. The fourth-order valence-corrected chi connectivity index (χ4v) is 1.93. The quantitative estimate of drug-likeness (QED) is 0.647. The van der Waals surface area contributed by atoms with E-state index in [1.807, 2.05) is 18.2 Å². The molecule has 0 unspecified atom stereocenters. The Kier molecular flexibility index (Phi) is 1.90. The average molecular weight is 209 g/mol. The molecule has 3 heteroatoms. The summed E-state index contributed by atoms with van der Waals surface area (Å²) in [5.74, 6) is 0.447. The molecule has 0 radical (unpaired) electrons. The highest BCUT2D eigenvalue weighted by Gasteiger charge is 2.04. The number of aromatic amines is 1. The van der Waals surface area contributed by atoms with Crippen LogP contribution in [0.25, 0.3) is 22.0 Å². The monoisotopic (exact) mass is 209 g/mol. The predicted octanol–water partition coefficient (Wildman–Crippen LogP) is 2.81. The molecule has 3 nitrogen and oxygen atoms in total. The molecular weight excluding hydrogens is 198 g/mol. The van der Waals surface area contributed by atoms with Crippen LogP contribution in [0.5, 0.6) is 0 Å². The minimum atomic E-state index is 0.447. The van der Waals surface area contributed by atoms with Gasteiger partial charge in [-0.25, -0.2) is 4.98 Å². The summed E-state index contributed by atoms with van der Waals surface area (Å²) in [5.41, 5.74) is 7.67. The third-order valence-corrected chi connectivity index (χ3v) is 2.68. The SMILES string of the molecule is Nc1ncc(-c2cccc3ccccc23)[nH]1. The number of aromatic nitrogens is 2. The summed E-state index contributed by atoms with van der Waals surface area (Å²) in [6.45, 7) is 0. The zero-order valence-electron chi connectivity index (χ0n) is 8.64. The molecule has 0 saturated heterocycles. The van der Waals surface area contributed by atoms with E-state index in [1.165, 1.54) is 10.8 Å². The Balaban J connectivity index is 2.31. The molecule has 1 heterocycles. The Morgan fingerprint density at radius 1 is 1.00 bits per heavy atom. The lowest BCUT2D eigenvalue weighted by atomic mass is 10.0. The van der Waals surface area contributed by atoms with Crippen LogP contribution in [0.1, 0.15) is 0 Å². The van der Waals surface area contributed by atoms with Gasteiger partial charge in [0.2, 0.25) is 0 Å². The van der Waals surface area contributed by atoms with Crippen LogP contribution in [0.15, 0.2) is 48.7 Å². The minimum Gasteiger partial charge on any atom is -0.369 e. The van der Waals surface area contributed by atoms with Crippen molar-refractivity contribution >= 4 is 16.7 Å². The van der Waals surface area contributed by atoms with E-state index >= 15 is 0 Å². The van der Waals surface area contributed by atoms with E-state index < -0.39 is 0 Å². The van der Waals surface area contributed by atoms with Gasteiger partial charge in [-0.1, -0.05) is 42.5 Å². The number of hydrogen-bond acceptors (Lipinski definition) is 2. The molecule has 0 spiro atoms. The normalized spacial score (nSPS) is 10.8. The van der Waals surface area contributed by atoms with Crippen molar-refractivity contribution in [3.05, 3.63) is 48.7 Å². The molecule has 0 aliphatic rings. The highest BCUT2D eigenvalue weighted by Crippen LogP contribution is 2.27. The molecule has 0 bridgehead atoms.